The lowest BCUT2D eigenvalue weighted by Crippen LogP contribution is -2.24. The van der Waals surface area contributed by atoms with Gasteiger partial charge in [0.2, 0.25) is 0 Å². The van der Waals surface area contributed by atoms with Crippen LogP contribution in [0.15, 0.2) is 0 Å². The van der Waals surface area contributed by atoms with Crippen LogP contribution in [0.3, 0.4) is 0 Å². The molecular weight excluding hydrogens is 234 g/mol. The van der Waals surface area contributed by atoms with Crippen molar-refractivity contribution in [2.45, 2.75) is 51.6 Å². The summed E-state index contributed by atoms with van der Waals surface area (Å²) in [6.45, 7) is 3.49. The zero-order chi connectivity index (χ0) is 13.8. The maximum absolute atomic E-state index is 11.0. The average molecular weight is 261 g/mol. The van der Waals surface area contributed by atoms with Gasteiger partial charge in [-0.1, -0.05) is 19.8 Å². The highest BCUT2D eigenvalue weighted by molar-refractivity contribution is 5.69. The Bertz CT molecular complexity index is 211. The molecule has 0 spiro atoms. The number of aliphatic hydroxyl groups is 1. The SMILES string of the molecule is CCCCOCC(O)CC(CCCCN)C(=O)O. The number of ether oxygens (including phenoxy) is 1. The molecule has 0 fully saturated rings. The summed E-state index contributed by atoms with van der Waals surface area (Å²) in [6, 6.07) is 0. The molecule has 108 valence electrons. The van der Waals surface area contributed by atoms with Crippen LogP contribution < -0.4 is 5.73 Å². The van der Waals surface area contributed by atoms with Gasteiger partial charge in [-0.25, -0.2) is 0 Å². The quantitative estimate of drug-likeness (QED) is 0.462. The second-order valence-electron chi connectivity index (χ2n) is 4.64. The highest BCUT2D eigenvalue weighted by atomic mass is 16.5. The maximum Gasteiger partial charge on any atom is 0.306 e. The number of carboxylic acids is 1. The van der Waals surface area contributed by atoms with Crippen LogP contribution in [0.1, 0.15) is 45.4 Å². The van der Waals surface area contributed by atoms with E-state index < -0.39 is 18.0 Å². The molecule has 0 saturated carbocycles. The van der Waals surface area contributed by atoms with Gasteiger partial charge in [-0.05, 0) is 32.2 Å². The third kappa shape index (κ3) is 9.39. The fourth-order valence-electron chi connectivity index (χ4n) is 1.74. The Morgan fingerprint density at radius 1 is 1.33 bits per heavy atom. The van der Waals surface area contributed by atoms with Gasteiger partial charge in [-0.2, -0.15) is 0 Å². The molecule has 0 radical (unpaired) electrons. The van der Waals surface area contributed by atoms with Gasteiger partial charge >= 0.3 is 5.97 Å². The van der Waals surface area contributed by atoms with Gasteiger partial charge in [0.25, 0.3) is 0 Å². The standard InChI is InChI=1S/C13H27NO4/c1-2-3-8-18-10-12(15)9-11(13(16)17)6-4-5-7-14/h11-12,15H,2-10,14H2,1H3,(H,16,17). The number of unbranched alkanes of at least 4 members (excludes halogenated alkanes) is 2. The van der Waals surface area contributed by atoms with Crippen LogP contribution in [0.25, 0.3) is 0 Å². The van der Waals surface area contributed by atoms with Gasteiger partial charge in [-0.3, -0.25) is 4.79 Å². The van der Waals surface area contributed by atoms with Crippen LogP contribution in [0.2, 0.25) is 0 Å². The van der Waals surface area contributed by atoms with Crippen molar-refractivity contribution in [3.8, 4) is 0 Å². The van der Waals surface area contributed by atoms with Crippen LogP contribution in [-0.4, -0.2) is 42.0 Å². The van der Waals surface area contributed by atoms with Gasteiger partial charge in [0.1, 0.15) is 0 Å². The van der Waals surface area contributed by atoms with Gasteiger partial charge in [0, 0.05) is 6.61 Å². The predicted molar refractivity (Wildman–Crippen MR) is 70.4 cm³/mol. The van der Waals surface area contributed by atoms with Gasteiger partial charge < -0.3 is 20.7 Å². The van der Waals surface area contributed by atoms with Gasteiger partial charge in [0.05, 0.1) is 18.6 Å². The van der Waals surface area contributed by atoms with Crippen molar-refractivity contribution in [2.75, 3.05) is 19.8 Å². The summed E-state index contributed by atoms with van der Waals surface area (Å²) in [7, 11) is 0. The van der Waals surface area contributed by atoms with Crippen molar-refractivity contribution >= 4 is 5.97 Å². The van der Waals surface area contributed by atoms with E-state index in [1.54, 1.807) is 0 Å². The summed E-state index contributed by atoms with van der Waals surface area (Å²) in [5.41, 5.74) is 5.37. The Morgan fingerprint density at radius 3 is 2.61 bits per heavy atom. The van der Waals surface area contributed by atoms with Crippen molar-refractivity contribution in [3.05, 3.63) is 0 Å². The number of hydrogen-bond donors (Lipinski definition) is 3. The zero-order valence-electron chi connectivity index (χ0n) is 11.3. The number of rotatable bonds is 12. The van der Waals surface area contributed by atoms with E-state index in [1.807, 2.05) is 0 Å². The number of aliphatic carboxylic acids is 1. The van der Waals surface area contributed by atoms with E-state index in [0.29, 0.717) is 19.6 Å². The first-order valence-electron chi connectivity index (χ1n) is 6.80. The lowest BCUT2D eigenvalue weighted by molar-refractivity contribution is -0.143. The first kappa shape index (κ1) is 17.4. The monoisotopic (exact) mass is 261 g/mol. The third-order valence-electron chi connectivity index (χ3n) is 2.87. The van der Waals surface area contributed by atoms with E-state index in [1.165, 1.54) is 0 Å². The van der Waals surface area contributed by atoms with Crippen molar-refractivity contribution in [3.63, 3.8) is 0 Å². The molecule has 18 heavy (non-hydrogen) atoms. The molecule has 0 aromatic heterocycles. The Hall–Kier alpha value is -0.650. The summed E-state index contributed by atoms with van der Waals surface area (Å²) in [5, 5.41) is 18.8. The molecule has 0 aliphatic heterocycles. The molecule has 2 atom stereocenters. The topological polar surface area (TPSA) is 92.8 Å². The maximum atomic E-state index is 11.0. The molecule has 0 heterocycles. The van der Waals surface area contributed by atoms with Crippen LogP contribution in [0.5, 0.6) is 0 Å². The number of aliphatic hydroxyl groups excluding tert-OH is 1. The first-order chi connectivity index (χ1) is 8.61. The highest BCUT2D eigenvalue weighted by Gasteiger charge is 2.21. The lowest BCUT2D eigenvalue weighted by Gasteiger charge is -2.16. The molecule has 0 amide bonds. The Labute approximate surface area is 109 Å². The number of hydrogen-bond acceptors (Lipinski definition) is 4. The molecule has 5 nitrogen and oxygen atoms in total. The number of carboxylic acid groups (broad SMARTS) is 1. The van der Waals surface area contributed by atoms with Crippen molar-refractivity contribution in [2.24, 2.45) is 11.7 Å². The Morgan fingerprint density at radius 2 is 2.06 bits per heavy atom. The molecule has 2 unspecified atom stereocenters. The molecule has 0 rings (SSSR count). The highest BCUT2D eigenvalue weighted by Crippen LogP contribution is 2.15. The van der Waals surface area contributed by atoms with E-state index in [9.17, 15) is 9.90 Å². The van der Waals surface area contributed by atoms with Crippen LogP contribution in [0.4, 0.5) is 0 Å². The summed E-state index contributed by atoms with van der Waals surface area (Å²) in [6.07, 6.45) is 3.76. The minimum Gasteiger partial charge on any atom is -0.481 e. The largest absolute Gasteiger partial charge is 0.481 e. The minimum absolute atomic E-state index is 0.223. The Balaban J connectivity index is 3.81. The predicted octanol–water partition coefficient (Wildman–Crippen LogP) is 1.38. The first-order valence-corrected chi connectivity index (χ1v) is 6.80. The lowest BCUT2D eigenvalue weighted by atomic mass is 9.95. The third-order valence-corrected chi connectivity index (χ3v) is 2.87. The molecule has 4 N–H and O–H groups in total. The molecule has 0 aliphatic carbocycles. The van der Waals surface area contributed by atoms with E-state index >= 15 is 0 Å². The van der Waals surface area contributed by atoms with Crippen molar-refractivity contribution < 1.29 is 19.7 Å². The summed E-state index contributed by atoms with van der Waals surface area (Å²) in [5.74, 6) is -1.35. The smallest absolute Gasteiger partial charge is 0.306 e. The zero-order valence-corrected chi connectivity index (χ0v) is 11.3. The van der Waals surface area contributed by atoms with Crippen molar-refractivity contribution in [1.82, 2.24) is 0 Å². The second kappa shape index (κ2) is 11.4. The average Bonchev–Trinajstić information content (AvgIpc) is 2.33. The fourth-order valence-corrected chi connectivity index (χ4v) is 1.74. The normalized spacial score (nSPS) is 14.4. The number of carbonyl (C=O) groups is 1. The molecule has 0 aromatic carbocycles. The van der Waals surface area contributed by atoms with E-state index in [2.05, 4.69) is 6.92 Å². The van der Waals surface area contributed by atoms with E-state index in [-0.39, 0.29) is 13.0 Å². The minimum atomic E-state index is -0.848. The van der Waals surface area contributed by atoms with Gasteiger partial charge in [-0.15, -0.1) is 0 Å². The molecule has 5 heteroatoms. The molecule has 0 aliphatic rings. The summed E-state index contributed by atoms with van der Waals surface area (Å²) < 4.78 is 5.28. The van der Waals surface area contributed by atoms with Crippen molar-refractivity contribution in [1.29, 1.82) is 0 Å². The van der Waals surface area contributed by atoms with Gasteiger partial charge in [0.15, 0.2) is 0 Å². The summed E-state index contributed by atoms with van der Waals surface area (Å²) in [4.78, 5) is 11.0. The fraction of sp³-hybridized carbons (Fsp3) is 0.923. The van der Waals surface area contributed by atoms with E-state index in [4.69, 9.17) is 15.6 Å². The number of nitrogens with two attached hydrogens (primary N) is 1. The molecular formula is C13H27NO4. The molecule has 0 aromatic rings. The van der Waals surface area contributed by atoms with Crippen LogP contribution >= 0.6 is 0 Å². The van der Waals surface area contributed by atoms with E-state index in [0.717, 1.165) is 25.7 Å². The summed E-state index contributed by atoms with van der Waals surface area (Å²) >= 11 is 0. The van der Waals surface area contributed by atoms with Crippen LogP contribution in [-0.2, 0) is 9.53 Å². The second-order valence-corrected chi connectivity index (χ2v) is 4.64. The molecule has 0 bridgehead atoms. The Kier molecular flexibility index (Phi) is 11.0. The van der Waals surface area contributed by atoms with Crippen LogP contribution in [0, 0.1) is 5.92 Å². The molecule has 0 saturated heterocycles.